The number of hydrogen-bond acceptors (Lipinski definition) is 4. The highest BCUT2D eigenvalue weighted by Gasteiger charge is 2.20. The first-order valence-electron chi connectivity index (χ1n) is 9.50. The van der Waals surface area contributed by atoms with E-state index in [9.17, 15) is 0 Å². The summed E-state index contributed by atoms with van der Waals surface area (Å²) in [7, 11) is 0. The number of nitrogens with zero attached hydrogens (tertiary/aromatic N) is 3. The van der Waals surface area contributed by atoms with E-state index in [0.29, 0.717) is 6.04 Å². The lowest BCUT2D eigenvalue weighted by molar-refractivity contribution is 0.459. The molecular formula is C20H29N5O. The zero-order valence-electron chi connectivity index (χ0n) is 15.7. The topological polar surface area (TPSA) is 65.7 Å². The van der Waals surface area contributed by atoms with Crippen molar-refractivity contribution in [2.45, 2.75) is 39.2 Å². The van der Waals surface area contributed by atoms with Gasteiger partial charge in [-0.25, -0.2) is 4.98 Å². The van der Waals surface area contributed by atoms with E-state index in [4.69, 9.17) is 4.42 Å². The maximum atomic E-state index is 5.37. The predicted molar refractivity (Wildman–Crippen MR) is 106 cm³/mol. The number of piperidine rings is 1. The molecule has 1 fully saturated rings. The molecule has 0 atom stereocenters. The van der Waals surface area contributed by atoms with Crippen molar-refractivity contribution in [3.8, 4) is 0 Å². The van der Waals surface area contributed by atoms with Crippen molar-refractivity contribution in [1.29, 1.82) is 0 Å². The van der Waals surface area contributed by atoms with Gasteiger partial charge in [-0.1, -0.05) is 6.07 Å². The first-order chi connectivity index (χ1) is 12.7. The summed E-state index contributed by atoms with van der Waals surface area (Å²) in [5.74, 6) is 2.96. The summed E-state index contributed by atoms with van der Waals surface area (Å²) in [6.07, 6.45) is 4.69. The molecule has 140 valence electrons. The lowest BCUT2D eigenvalue weighted by Crippen LogP contribution is -2.49. The Morgan fingerprint density at radius 2 is 2.12 bits per heavy atom. The summed E-state index contributed by atoms with van der Waals surface area (Å²) in [5, 5.41) is 6.92. The average Bonchev–Trinajstić information content (AvgIpc) is 3.16. The van der Waals surface area contributed by atoms with Crippen LogP contribution >= 0.6 is 0 Å². The number of aliphatic imine (C=N–C) groups is 1. The van der Waals surface area contributed by atoms with Crippen molar-refractivity contribution in [3.63, 3.8) is 0 Å². The van der Waals surface area contributed by atoms with Gasteiger partial charge >= 0.3 is 0 Å². The molecule has 26 heavy (non-hydrogen) atoms. The quantitative estimate of drug-likeness (QED) is 0.616. The minimum Gasteiger partial charge on any atom is -0.469 e. The zero-order chi connectivity index (χ0) is 18.2. The number of pyridine rings is 1. The molecule has 2 aromatic rings. The third-order valence-corrected chi connectivity index (χ3v) is 4.59. The van der Waals surface area contributed by atoms with Crippen LogP contribution in [0.1, 0.15) is 31.2 Å². The fourth-order valence-corrected chi connectivity index (χ4v) is 3.20. The van der Waals surface area contributed by atoms with E-state index in [1.807, 2.05) is 25.1 Å². The average molecular weight is 355 g/mol. The maximum absolute atomic E-state index is 5.37. The lowest BCUT2D eigenvalue weighted by atomic mass is 10.1. The van der Waals surface area contributed by atoms with Crippen molar-refractivity contribution in [3.05, 3.63) is 48.0 Å². The Bertz CT molecular complexity index is 690. The molecule has 2 N–H and O–H groups in total. The number of aromatic nitrogens is 1. The molecule has 0 radical (unpaired) electrons. The van der Waals surface area contributed by atoms with Crippen LogP contribution in [-0.4, -0.2) is 43.2 Å². The summed E-state index contributed by atoms with van der Waals surface area (Å²) >= 11 is 0. The van der Waals surface area contributed by atoms with Crippen molar-refractivity contribution >= 4 is 11.8 Å². The number of guanidine groups is 1. The monoisotopic (exact) mass is 355 g/mol. The van der Waals surface area contributed by atoms with Gasteiger partial charge in [0.15, 0.2) is 5.96 Å². The van der Waals surface area contributed by atoms with Crippen LogP contribution in [0.25, 0.3) is 0 Å². The summed E-state index contributed by atoms with van der Waals surface area (Å²) < 4.78 is 5.37. The van der Waals surface area contributed by atoms with Crippen LogP contribution in [0.3, 0.4) is 0 Å². The third-order valence-electron chi connectivity index (χ3n) is 4.59. The summed E-state index contributed by atoms with van der Waals surface area (Å²) in [6, 6.07) is 10.6. The zero-order valence-corrected chi connectivity index (χ0v) is 15.7. The molecule has 6 heteroatoms. The fraction of sp³-hybridized carbons (Fsp3) is 0.500. The minimum atomic E-state index is 0.442. The normalized spacial score (nSPS) is 15.9. The second-order valence-corrected chi connectivity index (χ2v) is 6.63. The van der Waals surface area contributed by atoms with Crippen molar-refractivity contribution in [1.82, 2.24) is 15.6 Å². The van der Waals surface area contributed by atoms with E-state index in [0.717, 1.165) is 68.7 Å². The van der Waals surface area contributed by atoms with Gasteiger partial charge in [0.2, 0.25) is 0 Å². The highest BCUT2D eigenvalue weighted by Crippen LogP contribution is 2.18. The Balaban J connectivity index is 1.49. The SMILES string of the molecule is CCNC(=NCCc1ccco1)NC1CCN(c2cccc(C)n2)CC1. The molecule has 1 saturated heterocycles. The summed E-state index contributed by atoms with van der Waals surface area (Å²) in [6.45, 7) is 7.74. The molecule has 0 spiro atoms. The summed E-state index contributed by atoms with van der Waals surface area (Å²) in [5.41, 5.74) is 1.07. The Morgan fingerprint density at radius 3 is 2.81 bits per heavy atom. The van der Waals surface area contributed by atoms with Gasteiger partial charge in [0, 0.05) is 44.3 Å². The van der Waals surface area contributed by atoms with Gasteiger partial charge in [-0.3, -0.25) is 4.99 Å². The van der Waals surface area contributed by atoms with Crippen molar-refractivity contribution in [2.24, 2.45) is 4.99 Å². The molecule has 6 nitrogen and oxygen atoms in total. The van der Waals surface area contributed by atoms with Gasteiger partial charge in [-0.2, -0.15) is 0 Å². The molecule has 0 aliphatic carbocycles. The molecule has 0 amide bonds. The van der Waals surface area contributed by atoms with Gasteiger partial charge in [-0.05, 0) is 51.0 Å². The second-order valence-electron chi connectivity index (χ2n) is 6.63. The van der Waals surface area contributed by atoms with Crippen LogP contribution < -0.4 is 15.5 Å². The van der Waals surface area contributed by atoms with E-state index in [-0.39, 0.29) is 0 Å². The van der Waals surface area contributed by atoms with E-state index >= 15 is 0 Å². The molecule has 0 saturated carbocycles. The Kier molecular flexibility index (Phi) is 6.52. The van der Waals surface area contributed by atoms with Gasteiger partial charge in [0.05, 0.1) is 6.26 Å². The molecule has 0 bridgehead atoms. The van der Waals surface area contributed by atoms with E-state index < -0.39 is 0 Å². The Labute approximate surface area is 155 Å². The Hall–Kier alpha value is -2.50. The molecule has 3 rings (SSSR count). The van der Waals surface area contributed by atoms with Crippen LogP contribution in [0.2, 0.25) is 0 Å². The Morgan fingerprint density at radius 1 is 1.27 bits per heavy atom. The lowest BCUT2D eigenvalue weighted by Gasteiger charge is -2.34. The van der Waals surface area contributed by atoms with E-state index in [1.54, 1.807) is 6.26 Å². The smallest absolute Gasteiger partial charge is 0.191 e. The van der Waals surface area contributed by atoms with Crippen LogP contribution in [0.4, 0.5) is 5.82 Å². The molecule has 0 aromatic carbocycles. The highest BCUT2D eigenvalue weighted by molar-refractivity contribution is 5.80. The number of rotatable bonds is 6. The molecule has 2 aromatic heterocycles. The van der Waals surface area contributed by atoms with Gasteiger partial charge < -0.3 is 20.0 Å². The molecule has 1 aliphatic rings. The minimum absolute atomic E-state index is 0.442. The number of furan rings is 1. The van der Waals surface area contributed by atoms with Crippen LogP contribution in [0, 0.1) is 6.92 Å². The van der Waals surface area contributed by atoms with Crippen LogP contribution in [0.5, 0.6) is 0 Å². The maximum Gasteiger partial charge on any atom is 0.191 e. The van der Waals surface area contributed by atoms with E-state index in [1.165, 1.54) is 0 Å². The number of hydrogen-bond donors (Lipinski definition) is 2. The largest absolute Gasteiger partial charge is 0.469 e. The first-order valence-corrected chi connectivity index (χ1v) is 9.50. The fourth-order valence-electron chi connectivity index (χ4n) is 3.20. The first kappa shape index (κ1) is 18.3. The van der Waals surface area contributed by atoms with Crippen molar-refractivity contribution in [2.75, 3.05) is 31.1 Å². The number of nitrogens with one attached hydrogen (secondary N) is 2. The standard InChI is InChI=1S/C20H29N5O/c1-3-21-20(22-12-9-18-7-5-15-26-18)24-17-10-13-25(14-11-17)19-8-4-6-16(2)23-19/h4-8,15,17H,3,9-14H2,1-2H3,(H2,21,22,24). The highest BCUT2D eigenvalue weighted by atomic mass is 16.3. The number of aryl methyl sites for hydroxylation is 1. The van der Waals surface area contributed by atoms with Gasteiger partial charge in [0.1, 0.15) is 11.6 Å². The third kappa shape index (κ3) is 5.25. The van der Waals surface area contributed by atoms with Gasteiger partial charge in [-0.15, -0.1) is 0 Å². The van der Waals surface area contributed by atoms with Crippen molar-refractivity contribution < 1.29 is 4.42 Å². The molecule has 1 aliphatic heterocycles. The van der Waals surface area contributed by atoms with E-state index in [2.05, 4.69) is 44.6 Å². The van der Waals surface area contributed by atoms with Crippen LogP contribution in [0.15, 0.2) is 46.0 Å². The molecule has 0 unspecified atom stereocenters. The van der Waals surface area contributed by atoms with Gasteiger partial charge in [0.25, 0.3) is 0 Å². The predicted octanol–water partition coefficient (Wildman–Crippen LogP) is 2.75. The molecule has 3 heterocycles. The number of anilines is 1. The summed E-state index contributed by atoms with van der Waals surface area (Å²) in [4.78, 5) is 11.7. The van der Waals surface area contributed by atoms with Crippen LogP contribution in [-0.2, 0) is 6.42 Å². The second kappa shape index (κ2) is 9.27. The molecular weight excluding hydrogens is 326 g/mol.